The van der Waals surface area contributed by atoms with Crippen molar-refractivity contribution in [3.8, 4) is 6.07 Å². The van der Waals surface area contributed by atoms with Crippen LogP contribution in [0.25, 0.3) is 11.3 Å². The van der Waals surface area contributed by atoms with Crippen molar-refractivity contribution in [1.29, 1.82) is 5.26 Å². The van der Waals surface area contributed by atoms with Gasteiger partial charge in [0, 0.05) is 15.5 Å². The highest BCUT2D eigenvalue weighted by molar-refractivity contribution is 7.11. The summed E-state index contributed by atoms with van der Waals surface area (Å²) >= 11 is 7.57. The zero-order chi connectivity index (χ0) is 13.1. The van der Waals surface area contributed by atoms with Gasteiger partial charge in [-0.05, 0) is 30.0 Å². The molecule has 0 aliphatic rings. The van der Waals surface area contributed by atoms with E-state index in [4.69, 9.17) is 17.3 Å². The summed E-state index contributed by atoms with van der Waals surface area (Å²) in [7, 11) is 0. The van der Waals surface area contributed by atoms with Gasteiger partial charge < -0.3 is 5.73 Å². The lowest BCUT2D eigenvalue weighted by Gasteiger charge is -2.09. The van der Waals surface area contributed by atoms with E-state index in [1.54, 1.807) is 0 Å². The lowest BCUT2D eigenvalue weighted by molar-refractivity contribution is 1.39. The van der Waals surface area contributed by atoms with E-state index in [2.05, 4.69) is 6.07 Å². The summed E-state index contributed by atoms with van der Waals surface area (Å²) in [6.07, 6.45) is 0. The van der Waals surface area contributed by atoms with Crippen molar-refractivity contribution in [3.63, 3.8) is 0 Å². The van der Waals surface area contributed by atoms with Crippen LogP contribution < -0.4 is 5.73 Å². The Kier molecular flexibility index (Phi) is 3.71. The molecular weight excluding hydrogens is 264 g/mol. The zero-order valence-corrected chi connectivity index (χ0v) is 11.3. The number of nitrogens with two attached hydrogens (primary N) is 1. The first kappa shape index (κ1) is 12.7. The average molecular weight is 275 g/mol. The second-order valence-corrected chi connectivity index (χ2v) is 5.15. The number of hydrogen-bond acceptors (Lipinski definition) is 3. The van der Waals surface area contributed by atoms with Gasteiger partial charge in [-0.3, -0.25) is 0 Å². The highest BCUT2D eigenvalue weighted by Gasteiger charge is 2.12. The van der Waals surface area contributed by atoms with Crippen molar-refractivity contribution in [2.45, 2.75) is 6.92 Å². The van der Waals surface area contributed by atoms with Crippen molar-refractivity contribution in [3.05, 3.63) is 56.7 Å². The SMILES string of the molecule is Cc1c(Cl)cccc1/C(N)=C(/C#N)c1cccs1. The van der Waals surface area contributed by atoms with Crippen LogP contribution in [0.2, 0.25) is 5.02 Å². The minimum absolute atomic E-state index is 0.472. The van der Waals surface area contributed by atoms with Crippen LogP contribution in [0.15, 0.2) is 35.7 Å². The van der Waals surface area contributed by atoms with Gasteiger partial charge in [-0.1, -0.05) is 29.8 Å². The van der Waals surface area contributed by atoms with E-state index >= 15 is 0 Å². The Labute approximate surface area is 115 Å². The van der Waals surface area contributed by atoms with Gasteiger partial charge in [0.1, 0.15) is 6.07 Å². The van der Waals surface area contributed by atoms with Crippen molar-refractivity contribution in [2.24, 2.45) is 5.73 Å². The van der Waals surface area contributed by atoms with Gasteiger partial charge in [-0.15, -0.1) is 11.3 Å². The molecule has 2 N–H and O–H groups in total. The van der Waals surface area contributed by atoms with Crippen LogP contribution in [-0.2, 0) is 0 Å². The smallest absolute Gasteiger partial charge is 0.103 e. The number of rotatable bonds is 2. The predicted octanol–water partition coefficient (Wildman–Crippen LogP) is 4.06. The summed E-state index contributed by atoms with van der Waals surface area (Å²) in [6.45, 7) is 1.90. The summed E-state index contributed by atoms with van der Waals surface area (Å²) in [5, 5.41) is 11.8. The van der Waals surface area contributed by atoms with Gasteiger partial charge in [0.15, 0.2) is 0 Å². The summed E-state index contributed by atoms with van der Waals surface area (Å²) in [6, 6.07) is 11.5. The summed E-state index contributed by atoms with van der Waals surface area (Å²) in [5.41, 5.74) is 8.79. The zero-order valence-electron chi connectivity index (χ0n) is 9.77. The molecule has 0 amide bonds. The largest absolute Gasteiger partial charge is 0.397 e. The molecule has 0 aliphatic carbocycles. The molecular formula is C14H11ClN2S. The fourth-order valence-electron chi connectivity index (χ4n) is 1.70. The van der Waals surface area contributed by atoms with Gasteiger partial charge in [0.05, 0.1) is 11.3 Å². The number of thiophene rings is 1. The quantitative estimate of drug-likeness (QED) is 0.840. The van der Waals surface area contributed by atoms with E-state index in [9.17, 15) is 5.26 Å². The third-order valence-electron chi connectivity index (χ3n) is 2.71. The molecule has 2 rings (SSSR count). The maximum Gasteiger partial charge on any atom is 0.103 e. The number of halogens is 1. The van der Waals surface area contributed by atoms with E-state index < -0.39 is 0 Å². The molecule has 1 aromatic heterocycles. The van der Waals surface area contributed by atoms with Gasteiger partial charge in [-0.25, -0.2) is 0 Å². The van der Waals surface area contributed by atoms with E-state index in [-0.39, 0.29) is 0 Å². The topological polar surface area (TPSA) is 49.8 Å². The number of hydrogen-bond donors (Lipinski definition) is 1. The minimum atomic E-state index is 0.472. The van der Waals surface area contributed by atoms with Crippen LogP contribution >= 0.6 is 22.9 Å². The van der Waals surface area contributed by atoms with Crippen molar-refractivity contribution in [1.82, 2.24) is 0 Å². The van der Waals surface area contributed by atoms with Crippen LogP contribution in [0.5, 0.6) is 0 Å². The number of benzene rings is 1. The third kappa shape index (κ3) is 2.26. The Morgan fingerprint density at radius 2 is 2.11 bits per heavy atom. The molecule has 90 valence electrons. The van der Waals surface area contributed by atoms with Gasteiger partial charge >= 0.3 is 0 Å². The normalized spacial score (nSPS) is 11.8. The van der Waals surface area contributed by atoms with Crippen LogP contribution in [0.1, 0.15) is 16.0 Å². The second-order valence-electron chi connectivity index (χ2n) is 3.79. The maximum atomic E-state index is 9.28. The standard InChI is InChI=1S/C14H11ClN2S/c1-9-10(4-2-5-12(9)15)14(17)11(8-16)13-6-3-7-18-13/h2-7H,17H2,1H3/b14-11+. The van der Waals surface area contributed by atoms with Crippen molar-refractivity contribution < 1.29 is 0 Å². The molecule has 0 spiro atoms. The molecule has 0 bridgehead atoms. The molecule has 0 radical (unpaired) electrons. The molecule has 2 aromatic rings. The van der Waals surface area contributed by atoms with Gasteiger partial charge in [0.2, 0.25) is 0 Å². The Bertz CT molecular complexity index is 636. The minimum Gasteiger partial charge on any atom is -0.397 e. The first-order valence-corrected chi connectivity index (χ1v) is 6.60. The fraction of sp³-hybridized carbons (Fsp3) is 0.0714. The van der Waals surface area contributed by atoms with E-state index in [1.165, 1.54) is 11.3 Å². The average Bonchev–Trinajstić information content (AvgIpc) is 2.87. The van der Waals surface area contributed by atoms with Crippen LogP contribution in [0.4, 0.5) is 0 Å². The summed E-state index contributed by atoms with van der Waals surface area (Å²) in [4.78, 5) is 0.870. The third-order valence-corrected chi connectivity index (χ3v) is 4.00. The Balaban J connectivity index is 2.62. The number of allylic oxidation sites excluding steroid dienone is 1. The molecule has 0 aliphatic heterocycles. The second kappa shape index (κ2) is 5.26. The molecule has 2 nitrogen and oxygen atoms in total. The fourth-order valence-corrected chi connectivity index (χ4v) is 2.61. The molecule has 0 atom stereocenters. The highest BCUT2D eigenvalue weighted by Crippen LogP contribution is 2.29. The lowest BCUT2D eigenvalue weighted by atomic mass is 10.0. The molecule has 1 heterocycles. The van der Waals surface area contributed by atoms with Crippen molar-refractivity contribution in [2.75, 3.05) is 0 Å². The van der Waals surface area contributed by atoms with Gasteiger partial charge in [0.25, 0.3) is 0 Å². The number of nitrogens with zero attached hydrogens (tertiary/aromatic N) is 1. The maximum absolute atomic E-state index is 9.28. The Morgan fingerprint density at radius 3 is 2.72 bits per heavy atom. The van der Waals surface area contributed by atoms with Crippen molar-refractivity contribution >= 4 is 34.2 Å². The van der Waals surface area contributed by atoms with E-state index in [0.717, 1.165) is 16.0 Å². The van der Waals surface area contributed by atoms with E-state index in [0.29, 0.717) is 16.3 Å². The van der Waals surface area contributed by atoms with Crippen LogP contribution in [-0.4, -0.2) is 0 Å². The summed E-state index contributed by atoms with van der Waals surface area (Å²) < 4.78 is 0. The van der Waals surface area contributed by atoms with Gasteiger partial charge in [-0.2, -0.15) is 5.26 Å². The Hall–Kier alpha value is -1.76. The molecule has 18 heavy (non-hydrogen) atoms. The monoisotopic (exact) mass is 274 g/mol. The molecule has 4 heteroatoms. The molecule has 1 aromatic carbocycles. The number of nitriles is 1. The summed E-state index contributed by atoms with van der Waals surface area (Å²) in [5.74, 6) is 0. The first-order valence-electron chi connectivity index (χ1n) is 5.34. The molecule has 0 saturated carbocycles. The first-order chi connectivity index (χ1) is 8.65. The molecule has 0 saturated heterocycles. The highest BCUT2D eigenvalue weighted by atomic mass is 35.5. The predicted molar refractivity (Wildman–Crippen MR) is 77.1 cm³/mol. The lowest BCUT2D eigenvalue weighted by Crippen LogP contribution is -2.02. The Morgan fingerprint density at radius 1 is 1.33 bits per heavy atom. The van der Waals surface area contributed by atoms with Crippen LogP contribution in [0.3, 0.4) is 0 Å². The molecule has 0 unspecified atom stereocenters. The molecule has 0 fully saturated rings. The van der Waals surface area contributed by atoms with Crippen LogP contribution in [0, 0.1) is 18.3 Å². The van der Waals surface area contributed by atoms with E-state index in [1.807, 2.05) is 42.6 Å².